The summed E-state index contributed by atoms with van der Waals surface area (Å²) in [4.78, 5) is 4.65. The molecule has 0 aromatic carbocycles. The molecule has 2 rings (SSSR count). The topological polar surface area (TPSA) is 69.4 Å². The van der Waals surface area contributed by atoms with Crippen LogP contribution < -0.4 is 5.90 Å². The van der Waals surface area contributed by atoms with Gasteiger partial charge in [0.2, 0.25) is 0 Å². The molecule has 1 unspecified atom stereocenters. The van der Waals surface area contributed by atoms with Crippen LogP contribution in [0, 0.1) is 11.3 Å². The predicted octanol–water partition coefficient (Wildman–Crippen LogP) is 0.0916. The second-order valence-corrected chi connectivity index (χ2v) is 6.50. The maximum Gasteiger partial charge on any atom is 0.150 e. The van der Waals surface area contributed by atoms with Crippen molar-refractivity contribution in [2.45, 2.75) is 19.3 Å². The Balaban J connectivity index is 2.03. The molecular weight excluding hydrogens is 190 g/mol. The molecule has 1 saturated heterocycles. The van der Waals surface area contributed by atoms with Gasteiger partial charge in [0.15, 0.2) is 9.84 Å². The highest BCUT2D eigenvalue weighted by molar-refractivity contribution is 7.91. The molecular formula is C8H15NO3S. The molecule has 5 heteroatoms. The highest BCUT2D eigenvalue weighted by Gasteiger charge is 2.52. The number of nitrogens with two attached hydrogens (primary N) is 1. The lowest BCUT2D eigenvalue weighted by atomic mass is 9.89. The molecule has 13 heavy (non-hydrogen) atoms. The van der Waals surface area contributed by atoms with E-state index in [0.717, 1.165) is 19.3 Å². The van der Waals surface area contributed by atoms with E-state index >= 15 is 0 Å². The quantitative estimate of drug-likeness (QED) is 0.663. The zero-order valence-electron chi connectivity index (χ0n) is 7.53. The van der Waals surface area contributed by atoms with Gasteiger partial charge in [0.1, 0.15) is 0 Å². The maximum atomic E-state index is 11.2. The maximum absolute atomic E-state index is 11.2. The van der Waals surface area contributed by atoms with Crippen LogP contribution in [0.1, 0.15) is 19.3 Å². The van der Waals surface area contributed by atoms with Crippen LogP contribution in [0.3, 0.4) is 0 Å². The molecule has 76 valence electrons. The van der Waals surface area contributed by atoms with Gasteiger partial charge in [0.25, 0.3) is 0 Å². The van der Waals surface area contributed by atoms with Crippen LogP contribution in [0.4, 0.5) is 0 Å². The number of hydrogen-bond acceptors (Lipinski definition) is 4. The molecule has 2 N–H and O–H groups in total. The molecule has 4 nitrogen and oxygen atoms in total. The Hall–Kier alpha value is -0.130. The van der Waals surface area contributed by atoms with Gasteiger partial charge in [-0.2, -0.15) is 0 Å². The molecule has 1 atom stereocenters. The molecule has 0 bridgehead atoms. The van der Waals surface area contributed by atoms with Crippen molar-refractivity contribution in [3.05, 3.63) is 0 Å². The van der Waals surface area contributed by atoms with Gasteiger partial charge in [-0.3, -0.25) is 0 Å². The second kappa shape index (κ2) is 2.93. The normalized spacial score (nSPS) is 34.7. The van der Waals surface area contributed by atoms with Crippen molar-refractivity contribution in [2.24, 2.45) is 17.2 Å². The van der Waals surface area contributed by atoms with Gasteiger partial charge >= 0.3 is 0 Å². The molecule has 1 aliphatic heterocycles. The third kappa shape index (κ3) is 1.73. The second-order valence-electron chi connectivity index (χ2n) is 4.27. The van der Waals surface area contributed by atoms with Gasteiger partial charge < -0.3 is 4.84 Å². The summed E-state index contributed by atoms with van der Waals surface area (Å²) in [5.74, 6) is 6.03. The van der Waals surface area contributed by atoms with Crippen LogP contribution in [0.5, 0.6) is 0 Å². The van der Waals surface area contributed by atoms with Crippen molar-refractivity contribution in [1.82, 2.24) is 0 Å². The molecule has 1 saturated carbocycles. The Labute approximate surface area is 78.3 Å². The smallest absolute Gasteiger partial charge is 0.150 e. The largest absolute Gasteiger partial charge is 0.304 e. The first-order valence-electron chi connectivity index (χ1n) is 4.60. The summed E-state index contributed by atoms with van der Waals surface area (Å²) < 4.78 is 22.5. The van der Waals surface area contributed by atoms with Crippen LogP contribution in [-0.4, -0.2) is 26.5 Å². The fraction of sp³-hybridized carbons (Fsp3) is 1.00. The zero-order valence-corrected chi connectivity index (χ0v) is 8.35. The summed E-state index contributed by atoms with van der Waals surface area (Å²) in [6.07, 6.45) is 2.94. The molecule has 0 aromatic heterocycles. The fourth-order valence-electron chi connectivity index (χ4n) is 2.27. The highest BCUT2D eigenvalue weighted by atomic mass is 32.2. The first kappa shape index (κ1) is 9.43. The third-order valence-corrected chi connectivity index (χ3v) is 5.13. The predicted molar refractivity (Wildman–Crippen MR) is 48.6 cm³/mol. The Morgan fingerprint density at radius 2 is 2.15 bits per heavy atom. The summed E-state index contributed by atoms with van der Waals surface area (Å²) >= 11 is 0. The van der Waals surface area contributed by atoms with Crippen molar-refractivity contribution in [1.29, 1.82) is 0 Å². The van der Waals surface area contributed by atoms with Crippen LogP contribution in [0.2, 0.25) is 0 Å². The minimum Gasteiger partial charge on any atom is -0.304 e. The first-order chi connectivity index (χ1) is 6.08. The molecule has 2 fully saturated rings. The van der Waals surface area contributed by atoms with Crippen LogP contribution in [0.25, 0.3) is 0 Å². The van der Waals surface area contributed by atoms with Gasteiger partial charge in [-0.25, -0.2) is 14.3 Å². The minimum atomic E-state index is -2.75. The van der Waals surface area contributed by atoms with Crippen molar-refractivity contribution >= 4 is 9.84 Å². The van der Waals surface area contributed by atoms with E-state index in [1.54, 1.807) is 0 Å². The molecule has 0 aromatic rings. The Morgan fingerprint density at radius 3 is 2.54 bits per heavy atom. The summed E-state index contributed by atoms with van der Waals surface area (Å²) in [6, 6.07) is 0. The summed E-state index contributed by atoms with van der Waals surface area (Å²) in [7, 11) is -2.75. The number of hydrogen-bond donors (Lipinski definition) is 1. The van der Waals surface area contributed by atoms with Gasteiger partial charge in [-0.1, -0.05) is 0 Å². The van der Waals surface area contributed by atoms with Gasteiger partial charge in [0, 0.05) is 0 Å². The lowest BCUT2D eigenvalue weighted by Crippen LogP contribution is -2.24. The Kier molecular flexibility index (Phi) is 2.13. The lowest BCUT2D eigenvalue weighted by Gasteiger charge is -2.19. The fourth-order valence-corrected chi connectivity index (χ4v) is 4.22. The first-order valence-corrected chi connectivity index (χ1v) is 6.42. The monoisotopic (exact) mass is 205 g/mol. The van der Waals surface area contributed by atoms with Gasteiger partial charge in [-0.05, 0) is 30.6 Å². The van der Waals surface area contributed by atoms with E-state index in [2.05, 4.69) is 4.84 Å². The lowest BCUT2D eigenvalue weighted by molar-refractivity contribution is 0.0699. The van der Waals surface area contributed by atoms with E-state index in [1.807, 2.05) is 0 Å². The van der Waals surface area contributed by atoms with E-state index in [-0.39, 0.29) is 5.41 Å². The summed E-state index contributed by atoms with van der Waals surface area (Å²) in [5.41, 5.74) is 0.109. The molecule has 1 heterocycles. The summed E-state index contributed by atoms with van der Waals surface area (Å²) in [5, 5.41) is 0. The van der Waals surface area contributed by atoms with E-state index in [1.165, 1.54) is 0 Å². The zero-order chi connectivity index (χ0) is 9.53. The minimum absolute atomic E-state index is 0.109. The van der Waals surface area contributed by atoms with Gasteiger partial charge in [-0.15, -0.1) is 0 Å². The van der Waals surface area contributed by atoms with Crippen molar-refractivity contribution < 1.29 is 13.3 Å². The van der Waals surface area contributed by atoms with Crippen LogP contribution in [-0.2, 0) is 14.7 Å². The highest BCUT2D eigenvalue weighted by Crippen LogP contribution is 2.55. The van der Waals surface area contributed by atoms with E-state index in [4.69, 9.17) is 5.90 Å². The SMILES string of the molecule is NOCC1(C2CCS(=O)(=O)C2)CC1. The van der Waals surface area contributed by atoms with Crippen molar-refractivity contribution in [3.63, 3.8) is 0 Å². The van der Waals surface area contributed by atoms with E-state index in [9.17, 15) is 8.42 Å². The molecule has 0 spiro atoms. The molecule has 0 amide bonds. The molecule has 1 aliphatic carbocycles. The number of rotatable bonds is 3. The molecule has 2 aliphatic rings. The average molecular weight is 205 g/mol. The van der Waals surface area contributed by atoms with Crippen molar-refractivity contribution in [2.75, 3.05) is 18.1 Å². The van der Waals surface area contributed by atoms with E-state index < -0.39 is 9.84 Å². The van der Waals surface area contributed by atoms with Gasteiger partial charge in [0.05, 0.1) is 18.1 Å². The van der Waals surface area contributed by atoms with Crippen molar-refractivity contribution in [3.8, 4) is 0 Å². The Morgan fingerprint density at radius 1 is 1.46 bits per heavy atom. The average Bonchev–Trinajstić information content (AvgIpc) is 2.72. The molecule has 0 radical (unpaired) electrons. The van der Waals surface area contributed by atoms with E-state index in [0.29, 0.717) is 24.0 Å². The standard InChI is InChI=1S/C8H15NO3S/c9-12-6-8(2-3-8)7-1-4-13(10,11)5-7/h7H,1-6,9H2. The number of sulfone groups is 1. The summed E-state index contributed by atoms with van der Waals surface area (Å²) in [6.45, 7) is 0.521. The van der Waals surface area contributed by atoms with Crippen LogP contribution in [0.15, 0.2) is 0 Å². The third-order valence-electron chi connectivity index (χ3n) is 3.36. The Bertz CT molecular complexity index is 295. The van der Waals surface area contributed by atoms with Crippen LogP contribution >= 0.6 is 0 Å².